The summed E-state index contributed by atoms with van der Waals surface area (Å²) in [6.07, 6.45) is 16.5. The molecule has 0 aromatic heterocycles. The van der Waals surface area contributed by atoms with Gasteiger partial charge in [0, 0.05) is 11.8 Å². The van der Waals surface area contributed by atoms with E-state index in [1.807, 2.05) is 0 Å². The molecule has 3 atom stereocenters. The molecule has 3 aliphatic rings. The van der Waals surface area contributed by atoms with E-state index in [-0.39, 0.29) is 17.9 Å². The fraction of sp³-hybridized carbons (Fsp3) is 0.950. The third kappa shape index (κ3) is 3.75. The van der Waals surface area contributed by atoms with Crippen molar-refractivity contribution in [1.82, 2.24) is 0 Å². The van der Waals surface area contributed by atoms with E-state index in [4.69, 9.17) is 0 Å². The van der Waals surface area contributed by atoms with Gasteiger partial charge in [-0.2, -0.15) is 0 Å². The minimum Gasteiger partial charge on any atom is -0.393 e. The molecule has 3 unspecified atom stereocenters. The molecule has 0 amide bonds. The lowest BCUT2D eigenvalue weighted by Crippen LogP contribution is -2.42. The maximum absolute atomic E-state index is 13.3. The molecule has 126 valence electrons. The van der Waals surface area contributed by atoms with Crippen molar-refractivity contribution in [2.24, 2.45) is 23.7 Å². The predicted molar refractivity (Wildman–Crippen MR) is 89.6 cm³/mol. The van der Waals surface area contributed by atoms with Crippen LogP contribution in [0.3, 0.4) is 0 Å². The number of hydrogen-bond donors (Lipinski definition) is 1. The third-order valence-electron chi connectivity index (χ3n) is 6.74. The van der Waals surface area contributed by atoms with Crippen LogP contribution in [0.4, 0.5) is 0 Å². The zero-order chi connectivity index (χ0) is 15.4. The molecule has 0 bridgehead atoms. The molecule has 0 aliphatic heterocycles. The molecule has 0 aromatic rings. The summed E-state index contributed by atoms with van der Waals surface area (Å²) in [5.41, 5.74) is 0. The summed E-state index contributed by atoms with van der Waals surface area (Å²) in [5.74, 6) is 1.89. The van der Waals surface area contributed by atoms with Gasteiger partial charge in [-0.15, -0.1) is 0 Å². The zero-order valence-electron chi connectivity index (χ0n) is 14.1. The predicted octanol–water partition coefficient (Wildman–Crippen LogP) is 4.88. The molecule has 22 heavy (non-hydrogen) atoms. The van der Waals surface area contributed by atoms with Crippen LogP contribution in [0.2, 0.25) is 0 Å². The van der Waals surface area contributed by atoms with Gasteiger partial charge in [-0.3, -0.25) is 4.79 Å². The highest BCUT2D eigenvalue weighted by atomic mass is 16.3. The van der Waals surface area contributed by atoms with Crippen LogP contribution < -0.4 is 0 Å². The Bertz CT molecular complexity index is 353. The van der Waals surface area contributed by atoms with Crippen LogP contribution in [0.1, 0.15) is 89.9 Å². The Kier molecular flexibility index (Phi) is 5.95. The van der Waals surface area contributed by atoms with Crippen molar-refractivity contribution < 1.29 is 9.90 Å². The number of aliphatic hydroxyl groups excluding tert-OH is 1. The van der Waals surface area contributed by atoms with Crippen molar-refractivity contribution in [3.8, 4) is 0 Å². The summed E-state index contributed by atoms with van der Waals surface area (Å²) in [7, 11) is 0. The van der Waals surface area contributed by atoms with E-state index in [2.05, 4.69) is 0 Å². The standard InChI is InChI=1S/C20H34O2/c21-18-14-8-7-13-17(18)19(15-9-3-1-4-10-15)20(22)16-11-5-2-6-12-16/h15-19,21H,1-14H2. The molecule has 3 saturated carbocycles. The maximum atomic E-state index is 13.3. The van der Waals surface area contributed by atoms with Gasteiger partial charge in [0.1, 0.15) is 5.78 Å². The normalized spacial score (nSPS) is 33.5. The molecule has 0 radical (unpaired) electrons. The summed E-state index contributed by atoms with van der Waals surface area (Å²) in [6, 6.07) is 0. The van der Waals surface area contributed by atoms with E-state index in [9.17, 15) is 9.90 Å². The minimum atomic E-state index is -0.215. The summed E-state index contributed by atoms with van der Waals surface area (Å²) in [5, 5.41) is 10.6. The third-order valence-corrected chi connectivity index (χ3v) is 6.74. The molecule has 3 aliphatic carbocycles. The first-order chi connectivity index (χ1) is 10.8. The van der Waals surface area contributed by atoms with Crippen LogP contribution in [-0.4, -0.2) is 17.0 Å². The molecule has 0 heterocycles. The van der Waals surface area contributed by atoms with Gasteiger partial charge in [-0.05, 0) is 50.4 Å². The quantitative estimate of drug-likeness (QED) is 0.803. The molecule has 2 heteroatoms. The Balaban J connectivity index is 1.76. The molecule has 0 spiro atoms. The van der Waals surface area contributed by atoms with E-state index < -0.39 is 0 Å². The van der Waals surface area contributed by atoms with Gasteiger partial charge in [0.05, 0.1) is 6.10 Å². The lowest BCUT2D eigenvalue weighted by molar-refractivity contribution is -0.135. The van der Waals surface area contributed by atoms with Crippen LogP contribution in [0, 0.1) is 23.7 Å². The Labute approximate surface area is 136 Å². The molecule has 0 aromatic carbocycles. The first-order valence-electron chi connectivity index (χ1n) is 9.99. The summed E-state index contributed by atoms with van der Waals surface area (Å²) >= 11 is 0. The highest BCUT2D eigenvalue weighted by Gasteiger charge is 2.42. The van der Waals surface area contributed by atoms with Crippen molar-refractivity contribution in [3.63, 3.8) is 0 Å². The lowest BCUT2D eigenvalue weighted by Gasteiger charge is -2.41. The Morgan fingerprint density at radius 3 is 1.91 bits per heavy atom. The number of Topliss-reactive ketones (excluding diaryl/α,β-unsaturated/α-hetero) is 1. The van der Waals surface area contributed by atoms with Crippen LogP contribution in [0.25, 0.3) is 0 Å². The van der Waals surface area contributed by atoms with E-state index in [0.717, 1.165) is 32.1 Å². The van der Waals surface area contributed by atoms with Gasteiger partial charge in [0.25, 0.3) is 0 Å². The van der Waals surface area contributed by atoms with Crippen molar-refractivity contribution in [1.29, 1.82) is 0 Å². The number of carbonyl (C=O) groups is 1. The van der Waals surface area contributed by atoms with Gasteiger partial charge in [-0.25, -0.2) is 0 Å². The summed E-state index contributed by atoms with van der Waals surface area (Å²) in [6.45, 7) is 0. The second kappa shape index (κ2) is 7.95. The van der Waals surface area contributed by atoms with Crippen molar-refractivity contribution in [3.05, 3.63) is 0 Å². The van der Waals surface area contributed by atoms with E-state index in [0.29, 0.717) is 17.6 Å². The van der Waals surface area contributed by atoms with Gasteiger partial charge in [0.2, 0.25) is 0 Å². The van der Waals surface area contributed by atoms with Crippen molar-refractivity contribution >= 4 is 5.78 Å². The number of carbonyl (C=O) groups excluding carboxylic acids is 1. The molecule has 1 N–H and O–H groups in total. The smallest absolute Gasteiger partial charge is 0.139 e. The van der Waals surface area contributed by atoms with Gasteiger partial charge in [-0.1, -0.05) is 51.4 Å². The minimum absolute atomic E-state index is 0.179. The first-order valence-corrected chi connectivity index (χ1v) is 9.99. The van der Waals surface area contributed by atoms with Crippen molar-refractivity contribution in [2.45, 2.75) is 96.0 Å². The molecule has 0 saturated heterocycles. The largest absolute Gasteiger partial charge is 0.393 e. The molecular weight excluding hydrogens is 272 g/mol. The maximum Gasteiger partial charge on any atom is 0.139 e. The second-order valence-electron chi connectivity index (χ2n) is 8.18. The fourth-order valence-corrected chi connectivity index (χ4v) is 5.50. The second-order valence-corrected chi connectivity index (χ2v) is 8.18. The zero-order valence-corrected chi connectivity index (χ0v) is 14.1. The Morgan fingerprint density at radius 1 is 0.727 bits per heavy atom. The van der Waals surface area contributed by atoms with E-state index in [1.54, 1.807) is 0 Å². The summed E-state index contributed by atoms with van der Waals surface area (Å²) in [4.78, 5) is 13.3. The topological polar surface area (TPSA) is 37.3 Å². The van der Waals surface area contributed by atoms with Gasteiger partial charge >= 0.3 is 0 Å². The Hall–Kier alpha value is -0.370. The first kappa shape index (κ1) is 16.5. The van der Waals surface area contributed by atoms with Crippen LogP contribution >= 0.6 is 0 Å². The number of ketones is 1. The molecule has 3 rings (SSSR count). The monoisotopic (exact) mass is 306 g/mol. The van der Waals surface area contributed by atoms with E-state index in [1.165, 1.54) is 57.8 Å². The SMILES string of the molecule is O=C(C1CCCCC1)C(C1CCCCC1)C1CCCCC1O. The fourth-order valence-electron chi connectivity index (χ4n) is 5.50. The van der Waals surface area contributed by atoms with Crippen LogP contribution in [0.15, 0.2) is 0 Å². The molecule has 2 nitrogen and oxygen atoms in total. The Morgan fingerprint density at radius 2 is 1.27 bits per heavy atom. The average Bonchev–Trinajstić information content (AvgIpc) is 2.58. The van der Waals surface area contributed by atoms with Gasteiger partial charge in [0.15, 0.2) is 0 Å². The lowest BCUT2D eigenvalue weighted by atomic mass is 9.64. The number of aliphatic hydroxyl groups is 1. The van der Waals surface area contributed by atoms with Crippen molar-refractivity contribution in [2.75, 3.05) is 0 Å². The number of hydrogen-bond acceptors (Lipinski definition) is 2. The van der Waals surface area contributed by atoms with Crippen LogP contribution in [-0.2, 0) is 4.79 Å². The number of rotatable bonds is 4. The highest BCUT2D eigenvalue weighted by Crippen LogP contribution is 2.43. The van der Waals surface area contributed by atoms with Gasteiger partial charge < -0.3 is 5.11 Å². The van der Waals surface area contributed by atoms with Crippen LogP contribution in [0.5, 0.6) is 0 Å². The molecular formula is C20H34O2. The summed E-state index contributed by atoms with van der Waals surface area (Å²) < 4.78 is 0. The molecule has 3 fully saturated rings. The average molecular weight is 306 g/mol. The van der Waals surface area contributed by atoms with E-state index >= 15 is 0 Å². The highest BCUT2D eigenvalue weighted by molar-refractivity contribution is 5.84.